The predicted molar refractivity (Wildman–Crippen MR) is 66.1 cm³/mol. The van der Waals surface area contributed by atoms with Gasteiger partial charge in [0.2, 0.25) is 0 Å². The first-order chi connectivity index (χ1) is 7.72. The van der Waals surface area contributed by atoms with Gasteiger partial charge in [-0.15, -0.1) is 0 Å². The summed E-state index contributed by atoms with van der Waals surface area (Å²) in [5.74, 6) is 2.43. The largest absolute Gasteiger partial charge is 0.496 e. The van der Waals surface area contributed by atoms with Gasteiger partial charge in [0.1, 0.15) is 5.75 Å². The Kier molecular flexibility index (Phi) is 3.28. The normalized spacial score (nSPS) is 18.1. The van der Waals surface area contributed by atoms with Crippen LogP contribution in [0.25, 0.3) is 0 Å². The fourth-order valence-electron chi connectivity index (χ4n) is 2.22. The highest BCUT2D eigenvalue weighted by atomic mass is 79.9. The Morgan fingerprint density at radius 2 is 1.81 bits per heavy atom. The van der Waals surface area contributed by atoms with Gasteiger partial charge in [0.15, 0.2) is 11.5 Å². The van der Waals surface area contributed by atoms with E-state index in [1.807, 2.05) is 6.07 Å². The number of benzene rings is 1. The molecule has 3 nitrogen and oxygen atoms in total. The summed E-state index contributed by atoms with van der Waals surface area (Å²) in [4.78, 5) is 0.321. The molecule has 0 spiro atoms. The highest BCUT2D eigenvalue weighted by Crippen LogP contribution is 2.50. The van der Waals surface area contributed by atoms with Crippen LogP contribution in [0.4, 0.5) is 0 Å². The molecule has 0 fully saturated rings. The Labute approximate surface area is 104 Å². The molecular weight excluding hydrogens is 272 g/mol. The molecule has 4 heteroatoms. The Morgan fingerprint density at radius 1 is 1.12 bits per heavy atom. The van der Waals surface area contributed by atoms with Gasteiger partial charge in [-0.2, -0.15) is 0 Å². The van der Waals surface area contributed by atoms with Crippen LogP contribution in [0.5, 0.6) is 17.2 Å². The molecule has 1 aliphatic carbocycles. The van der Waals surface area contributed by atoms with E-state index >= 15 is 0 Å². The van der Waals surface area contributed by atoms with Gasteiger partial charge in [-0.3, -0.25) is 0 Å². The molecule has 0 bridgehead atoms. The van der Waals surface area contributed by atoms with Crippen LogP contribution in [0.2, 0.25) is 0 Å². The Hall–Kier alpha value is -0.900. The van der Waals surface area contributed by atoms with Crippen LogP contribution in [0.3, 0.4) is 0 Å². The number of hydrogen-bond acceptors (Lipinski definition) is 3. The first-order valence-electron chi connectivity index (χ1n) is 5.18. The number of fused-ring (bicyclic) bond motifs is 1. The van der Waals surface area contributed by atoms with Crippen molar-refractivity contribution in [1.29, 1.82) is 0 Å². The fraction of sp³-hybridized carbons (Fsp3) is 0.500. The molecule has 2 rings (SSSR count). The molecule has 0 N–H and O–H groups in total. The lowest BCUT2D eigenvalue weighted by Crippen LogP contribution is -1.99. The zero-order valence-corrected chi connectivity index (χ0v) is 11.3. The van der Waals surface area contributed by atoms with Crippen LogP contribution in [-0.2, 0) is 6.42 Å². The van der Waals surface area contributed by atoms with E-state index in [1.165, 1.54) is 11.1 Å². The average molecular weight is 287 g/mol. The van der Waals surface area contributed by atoms with E-state index in [0.717, 1.165) is 30.1 Å². The summed E-state index contributed by atoms with van der Waals surface area (Å²) in [5, 5.41) is 0. The maximum Gasteiger partial charge on any atom is 0.165 e. The van der Waals surface area contributed by atoms with Crippen LogP contribution in [0.15, 0.2) is 6.07 Å². The van der Waals surface area contributed by atoms with Crippen molar-refractivity contribution in [1.82, 2.24) is 0 Å². The molecule has 0 saturated heterocycles. The van der Waals surface area contributed by atoms with E-state index in [-0.39, 0.29) is 0 Å². The smallest absolute Gasteiger partial charge is 0.165 e. The summed E-state index contributed by atoms with van der Waals surface area (Å²) >= 11 is 3.66. The van der Waals surface area contributed by atoms with Crippen molar-refractivity contribution in [2.24, 2.45) is 0 Å². The van der Waals surface area contributed by atoms with Crippen LogP contribution in [-0.4, -0.2) is 21.3 Å². The Bertz CT molecular complexity index is 404. The molecule has 1 aromatic carbocycles. The van der Waals surface area contributed by atoms with Gasteiger partial charge in [-0.1, -0.05) is 15.9 Å². The Balaban J connectivity index is 2.65. The van der Waals surface area contributed by atoms with Crippen molar-refractivity contribution < 1.29 is 14.2 Å². The van der Waals surface area contributed by atoms with Crippen molar-refractivity contribution in [2.45, 2.75) is 17.7 Å². The van der Waals surface area contributed by atoms with E-state index in [1.54, 1.807) is 21.3 Å². The quantitative estimate of drug-likeness (QED) is 0.800. The first kappa shape index (κ1) is 11.6. The second-order valence-corrected chi connectivity index (χ2v) is 4.82. The molecule has 88 valence electrons. The minimum absolute atomic E-state index is 0.321. The minimum atomic E-state index is 0.321. The predicted octanol–water partition coefficient (Wildman–Crippen LogP) is 3.09. The number of alkyl halides is 1. The van der Waals surface area contributed by atoms with Gasteiger partial charge >= 0.3 is 0 Å². The second kappa shape index (κ2) is 4.53. The van der Waals surface area contributed by atoms with Gasteiger partial charge in [0, 0.05) is 22.0 Å². The molecule has 0 radical (unpaired) electrons. The van der Waals surface area contributed by atoms with E-state index < -0.39 is 0 Å². The van der Waals surface area contributed by atoms with Crippen molar-refractivity contribution in [3.05, 3.63) is 17.2 Å². The molecule has 0 aromatic heterocycles. The molecular formula is C12H15BrO3. The summed E-state index contributed by atoms with van der Waals surface area (Å²) in [6.45, 7) is 0. The van der Waals surface area contributed by atoms with Gasteiger partial charge < -0.3 is 14.2 Å². The highest BCUT2D eigenvalue weighted by Gasteiger charge is 2.29. The zero-order valence-electron chi connectivity index (χ0n) is 9.67. The topological polar surface area (TPSA) is 27.7 Å². The third-order valence-electron chi connectivity index (χ3n) is 2.96. The van der Waals surface area contributed by atoms with Crippen molar-refractivity contribution in [3.63, 3.8) is 0 Å². The number of rotatable bonds is 3. The maximum absolute atomic E-state index is 5.44. The highest BCUT2D eigenvalue weighted by molar-refractivity contribution is 9.09. The van der Waals surface area contributed by atoms with Gasteiger partial charge in [-0.05, 0) is 12.8 Å². The fourth-order valence-corrected chi connectivity index (χ4v) is 2.94. The lowest BCUT2D eigenvalue weighted by molar-refractivity contribution is 0.345. The SMILES string of the molecule is COc1cc(OC)c(OC)c2c1CCC2Br. The summed E-state index contributed by atoms with van der Waals surface area (Å²) in [6, 6.07) is 1.89. The summed E-state index contributed by atoms with van der Waals surface area (Å²) in [5.41, 5.74) is 2.39. The van der Waals surface area contributed by atoms with Crippen LogP contribution >= 0.6 is 15.9 Å². The number of hydrogen-bond donors (Lipinski definition) is 0. The van der Waals surface area contributed by atoms with E-state index in [4.69, 9.17) is 14.2 Å². The summed E-state index contributed by atoms with van der Waals surface area (Å²) < 4.78 is 16.2. The van der Waals surface area contributed by atoms with Crippen LogP contribution in [0.1, 0.15) is 22.4 Å². The molecule has 0 heterocycles. The maximum atomic E-state index is 5.44. The molecule has 0 saturated carbocycles. The van der Waals surface area contributed by atoms with Crippen LogP contribution in [0, 0.1) is 0 Å². The molecule has 1 unspecified atom stereocenters. The molecule has 1 aliphatic rings. The molecule has 16 heavy (non-hydrogen) atoms. The van der Waals surface area contributed by atoms with Crippen molar-refractivity contribution >= 4 is 15.9 Å². The van der Waals surface area contributed by atoms with E-state index in [9.17, 15) is 0 Å². The van der Waals surface area contributed by atoms with E-state index in [2.05, 4.69) is 15.9 Å². The van der Waals surface area contributed by atoms with E-state index in [0.29, 0.717) is 4.83 Å². The van der Waals surface area contributed by atoms with Crippen LogP contribution < -0.4 is 14.2 Å². The van der Waals surface area contributed by atoms with Gasteiger partial charge in [0.05, 0.1) is 21.3 Å². The number of halogens is 1. The lowest BCUT2D eigenvalue weighted by atomic mass is 10.1. The zero-order chi connectivity index (χ0) is 11.7. The molecule has 0 aliphatic heterocycles. The number of ether oxygens (including phenoxy) is 3. The third-order valence-corrected chi connectivity index (χ3v) is 3.87. The van der Waals surface area contributed by atoms with Gasteiger partial charge in [-0.25, -0.2) is 0 Å². The first-order valence-corrected chi connectivity index (χ1v) is 6.10. The lowest BCUT2D eigenvalue weighted by Gasteiger charge is -2.16. The Morgan fingerprint density at radius 3 is 2.38 bits per heavy atom. The summed E-state index contributed by atoms with van der Waals surface area (Å²) in [7, 11) is 4.99. The molecule has 1 aromatic rings. The third kappa shape index (κ3) is 1.65. The monoisotopic (exact) mass is 286 g/mol. The molecule has 0 amide bonds. The minimum Gasteiger partial charge on any atom is -0.496 e. The summed E-state index contributed by atoms with van der Waals surface area (Å²) in [6.07, 6.45) is 2.07. The average Bonchev–Trinajstić information content (AvgIpc) is 2.70. The number of methoxy groups -OCH3 is 3. The standard InChI is InChI=1S/C12H15BrO3/c1-14-9-6-10(15-2)12(16-3)11-7(9)4-5-8(11)13/h6,8H,4-5H2,1-3H3. The van der Waals surface area contributed by atoms with Crippen molar-refractivity contribution in [2.75, 3.05) is 21.3 Å². The second-order valence-electron chi connectivity index (χ2n) is 3.71. The molecule has 1 atom stereocenters. The van der Waals surface area contributed by atoms with Crippen molar-refractivity contribution in [3.8, 4) is 17.2 Å². The van der Waals surface area contributed by atoms with Gasteiger partial charge in [0.25, 0.3) is 0 Å².